The van der Waals surface area contributed by atoms with Crippen LogP contribution in [0.1, 0.15) is 12.0 Å². The number of rotatable bonds is 4. The molecule has 126 valence electrons. The number of ether oxygens (including phenoxy) is 1. The third kappa shape index (κ3) is 3.32. The van der Waals surface area contributed by atoms with Crippen LogP contribution in [-0.4, -0.2) is 21.4 Å². The van der Waals surface area contributed by atoms with Crippen LogP contribution in [0.15, 0.2) is 41.3 Å². The van der Waals surface area contributed by atoms with Gasteiger partial charge in [0.05, 0.1) is 12.1 Å². The van der Waals surface area contributed by atoms with Crippen LogP contribution in [0.25, 0.3) is 0 Å². The van der Waals surface area contributed by atoms with Gasteiger partial charge in [-0.25, -0.2) is 0 Å². The minimum Gasteiger partial charge on any atom is -0.495 e. The molecule has 0 atom stereocenters. The Hall–Kier alpha value is -2.25. The molecule has 1 heterocycles. The second-order valence-corrected chi connectivity index (χ2v) is 7.15. The molecule has 1 aliphatic rings. The molecule has 2 aromatic rings. The zero-order valence-corrected chi connectivity index (χ0v) is 14.3. The van der Waals surface area contributed by atoms with Crippen molar-refractivity contribution in [1.82, 2.24) is 0 Å². The van der Waals surface area contributed by atoms with Gasteiger partial charge in [0.1, 0.15) is 16.4 Å². The highest BCUT2D eigenvalue weighted by molar-refractivity contribution is 7.87. The van der Waals surface area contributed by atoms with Gasteiger partial charge in [-0.05, 0) is 48.4 Å². The van der Waals surface area contributed by atoms with E-state index in [0.717, 1.165) is 5.56 Å². The third-order valence-electron chi connectivity index (χ3n) is 3.59. The number of methoxy groups -OCH3 is 1. The highest BCUT2D eigenvalue weighted by Gasteiger charge is 2.20. The molecular formula is C16H14ClNO5S. The lowest BCUT2D eigenvalue weighted by Crippen LogP contribution is -2.19. The van der Waals surface area contributed by atoms with Crippen molar-refractivity contribution in [2.24, 2.45) is 0 Å². The van der Waals surface area contributed by atoms with Crippen LogP contribution in [0.2, 0.25) is 5.02 Å². The van der Waals surface area contributed by atoms with Gasteiger partial charge < -0.3 is 14.2 Å². The number of benzene rings is 2. The van der Waals surface area contributed by atoms with Crippen molar-refractivity contribution in [3.63, 3.8) is 0 Å². The number of carbonyl (C=O) groups excluding carboxylic acids is 1. The van der Waals surface area contributed by atoms with Crippen molar-refractivity contribution in [3.8, 4) is 11.5 Å². The Morgan fingerprint density at radius 2 is 1.92 bits per heavy atom. The van der Waals surface area contributed by atoms with E-state index in [0.29, 0.717) is 24.3 Å². The Bertz CT molecular complexity index is 911. The fourth-order valence-corrected chi connectivity index (χ4v) is 3.66. The van der Waals surface area contributed by atoms with E-state index in [1.165, 1.54) is 31.4 Å². The Balaban J connectivity index is 1.87. The van der Waals surface area contributed by atoms with Crippen LogP contribution in [-0.2, 0) is 21.3 Å². The molecule has 6 nitrogen and oxygen atoms in total. The molecule has 0 radical (unpaired) electrons. The van der Waals surface area contributed by atoms with Crippen molar-refractivity contribution in [1.29, 1.82) is 0 Å². The molecular weight excluding hydrogens is 354 g/mol. The Morgan fingerprint density at radius 3 is 2.62 bits per heavy atom. The lowest BCUT2D eigenvalue weighted by Gasteiger charge is -2.17. The first-order valence-corrected chi connectivity index (χ1v) is 8.88. The summed E-state index contributed by atoms with van der Waals surface area (Å²) >= 11 is 5.96. The van der Waals surface area contributed by atoms with Gasteiger partial charge in [-0.3, -0.25) is 4.79 Å². The molecule has 0 saturated carbocycles. The summed E-state index contributed by atoms with van der Waals surface area (Å²) in [6, 6.07) is 8.82. The van der Waals surface area contributed by atoms with Gasteiger partial charge in [0.2, 0.25) is 5.91 Å². The molecule has 24 heavy (non-hydrogen) atoms. The third-order valence-corrected chi connectivity index (χ3v) is 5.13. The molecule has 0 unspecified atom stereocenters. The van der Waals surface area contributed by atoms with Crippen molar-refractivity contribution >= 4 is 33.3 Å². The van der Waals surface area contributed by atoms with E-state index in [9.17, 15) is 13.2 Å². The lowest BCUT2D eigenvalue weighted by atomic mass is 10.0. The normalized spacial score (nSPS) is 13.8. The Kier molecular flexibility index (Phi) is 4.38. The van der Waals surface area contributed by atoms with Crippen LogP contribution in [0, 0.1) is 0 Å². The number of amides is 1. The summed E-state index contributed by atoms with van der Waals surface area (Å²) in [4.78, 5) is 11.3. The lowest BCUT2D eigenvalue weighted by molar-refractivity contribution is -0.116. The average molecular weight is 368 g/mol. The van der Waals surface area contributed by atoms with Crippen LogP contribution in [0.3, 0.4) is 0 Å². The van der Waals surface area contributed by atoms with Gasteiger partial charge in [-0.15, -0.1) is 0 Å². The number of carbonyl (C=O) groups is 1. The summed E-state index contributed by atoms with van der Waals surface area (Å²) in [6.45, 7) is 0. The Labute approximate surface area is 144 Å². The highest BCUT2D eigenvalue weighted by atomic mass is 35.5. The topological polar surface area (TPSA) is 81.7 Å². The largest absolute Gasteiger partial charge is 0.495 e. The van der Waals surface area contributed by atoms with Gasteiger partial charge in [0.15, 0.2) is 0 Å². The van der Waals surface area contributed by atoms with Gasteiger partial charge in [0, 0.05) is 12.1 Å². The van der Waals surface area contributed by atoms with Crippen LogP contribution in [0.5, 0.6) is 11.5 Å². The molecule has 2 aromatic carbocycles. The monoisotopic (exact) mass is 367 g/mol. The average Bonchev–Trinajstić information content (AvgIpc) is 2.54. The maximum absolute atomic E-state index is 12.4. The number of anilines is 1. The van der Waals surface area contributed by atoms with E-state index < -0.39 is 10.1 Å². The molecule has 3 rings (SSSR count). The van der Waals surface area contributed by atoms with E-state index in [1.807, 2.05) is 0 Å². The van der Waals surface area contributed by atoms with E-state index in [2.05, 4.69) is 5.32 Å². The zero-order chi connectivity index (χ0) is 17.3. The quantitative estimate of drug-likeness (QED) is 0.840. The summed E-state index contributed by atoms with van der Waals surface area (Å²) in [7, 11) is -2.58. The van der Waals surface area contributed by atoms with Crippen molar-refractivity contribution in [3.05, 3.63) is 47.0 Å². The molecule has 0 aromatic heterocycles. The van der Waals surface area contributed by atoms with Crippen LogP contribution in [0.4, 0.5) is 5.69 Å². The summed E-state index contributed by atoms with van der Waals surface area (Å²) < 4.78 is 34.9. The molecule has 8 heteroatoms. The summed E-state index contributed by atoms with van der Waals surface area (Å²) in [5.74, 6) is 0.494. The minimum atomic E-state index is -4.03. The zero-order valence-electron chi connectivity index (χ0n) is 12.7. The van der Waals surface area contributed by atoms with Crippen molar-refractivity contribution in [2.45, 2.75) is 17.7 Å². The summed E-state index contributed by atoms with van der Waals surface area (Å²) in [5.41, 5.74) is 1.50. The first kappa shape index (κ1) is 16.6. The molecule has 0 fully saturated rings. The highest BCUT2D eigenvalue weighted by Crippen LogP contribution is 2.31. The molecule has 1 amide bonds. The Morgan fingerprint density at radius 1 is 1.12 bits per heavy atom. The van der Waals surface area contributed by atoms with E-state index in [1.54, 1.807) is 12.1 Å². The van der Waals surface area contributed by atoms with E-state index in [-0.39, 0.29) is 21.6 Å². The van der Waals surface area contributed by atoms with Crippen LogP contribution < -0.4 is 14.2 Å². The van der Waals surface area contributed by atoms with Gasteiger partial charge in [0.25, 0.3) is 0 Å². The number of nitrogens with one attached hydrogen (secondary N) is 1. The second kappa shape index (κ2) is 6.33. The number of hydrogen-bond acceptors (Lipinski definition) is 5. The van der Waals surface area contributed by atoms with Gasteiger partial charge >= 0.3 is 10.1 Å². The van der Waals surface area contributed by atoms with E-state index in [4.69, 9.17) is 20.5 Å². The second-order valence-electron chi connectivity index (χ2n) is 5.20. The number of fused-ring (bicyclic) bond motifs is 1. The van der Waals surface area contributed by atoms with Crippen LogP contribution >= 0.6 is 11.6 Å². The minimum absolute atomic E-state index is 0.0586. The first-order valence-electron chi connectivity index (χ1n) is 7.10. The molecule has 0 saturated heterocycles. The molecule has 1 aliphatic heterocycles. The number of aryl methyl sites for hydroxylation is 1. The molecule has 0 spiro atoms. The predicted octanol–water partition coefficient (Wildman–Crippen LogP) is 3.00. The first-order chi connectivity index (χ1) is 11.4. The SMILES string of the molecule is COc1ccc(S(=O)(=O)Oc2ccc3c(c2)CCC(=O)N3)cc1Cl. The maximum Gasteiger partial charge on any atom is 0.339 e. The van der Waals surface area contributed by atoms with Crippen molar-refractivity contribution < 1.29 is 22.1 Å². The fraction of sp³-hybridized carbons (Fsp3) is 0.188. The number of hydrogen-bond donors (Lipinski definition) is 1. The smallest absolute Gasteiger partial charge is 0.339 e. The summed E-state index contributed by atoms with van der Waals surface area (Å²) in [6.07, 6.45) is 0.893. The predicted molar refractivity (Wildman–Crippen MR) is 89.2 cm³/mol. The van der Waals surface area contributed by atoms with Crippen molar-refractivity contribution in [2.75, 3.05) is 12.4 Å². The fourth-order valence-electron chi connectivity index (χ4n) is 2.39. The van der Waals surface area contributed by atoms with E-state index >= 15 is 0 Å². The standard InChI is InChI=1S/C16H14ClNO5S/c1-22-15-6-4-12(9-13(15)17)24(20,21)23-11-3-5-14-10(8-11)2-7-16(19)18-14/h3-6,8-9H,2,7H2,1H3,(H,18,19). The molecule has 0 bridgehead atoms. The maximum atomic E-state index is 12.4. The summed E-state index contributed by atoms with van der Waals surface area (Å²) in [5, 5.41) is 2.90. The molecule has 1 N–H and O–H groups in total. The molecule has 0 aliphatic carbocycles. The van der Waals surface area contributed by atoms with Gasteiger partial charge in [-0.2, -0.15) is 8.42 Å². The number of halogens is 1. The van der Waals surface area contributed by atoms with Gasteiger partial charge in [-0.1, -0.05) is 11.6 Å².